The molecule has 1 aromatic carbocycles. The van der Waals surface area contributed by atoms with E-state index in [1.54, 1.807) is 6.07 Å². The van der Waals surface area contributed by atoms with E-state index in [-0.39, 0.29) is 5.82 Å². The van der Waals surface area contributed by atoms with Crippen molar-refractivity contribution >= 4 is 5.65 Å². The van der Waals surface area contributed by atoms with Gasteiger partial charge in [0.05, 0.1) is 17.1 Å². The lowest BCUT2D eigenvalue weighted by molar-refractivity contribution is 0.161. The lowest BCUT2D eigenvalue weighted by Crippen LogP contribution is -2.38. The molecule has 1 saturated heterocycles. The molecule has 0 N–H and O–H groups in total. The van der Waals surface area contributed by atoms with Crippen LogP contribution in [0.15, 0.2) is 48.8 Å². The maximum absolute atomic E-state index is 13.7. The van der Waals surface area contributed by atoms with Gasteiger partial charge in [-0.15, -0.1) is 0 Å². The Morgan fingerprint density at radius 3 is 2.93 bits per heavy atom. The summed E-state index contributed by atoms with van der Waals surface area (Å²) in [6.45, 7) is 0.900. The van der Waals surface area contributed by atoms with Crippen molar-refractivity contribution in [3.8, 4) is 11.3 Å². The van der Waals surface area contributed by atoms with Crippen molar-refractivity contribution < 1.29 is 4.39 Å². The zero-order valence-corrected chi connectivity index (χ0v) is 16.2. The first kappa shape index (κ1) is 16.9. The first-order valence-electron chi connectivity index (χ1n) is 10.0. The van der Waals surface area contributed by atoms with E-state index in [0.29, 0.717) is 12.1 Å². The summed E-state index contributed by atoms with van der Waals surface area (Å²) in [5.41, 5.74) is 6.10. The first-order chi connectivity index (χ1) is 14.2. The van der Waals surface area contributed by atoms with Gasteiger partial charge in [0, 0.05) is 61.7 Å². The van der Waals surface area contributed by atoms with E-state index in [4.69, 9.17) is 10.1 Å². The Morgan fingerprint density at radius 1 is 1.17 bits per heavy atom. The fourth-order valence-corrected chi connectivity index (χ4v) is 4.96. The lowest BCUT2D eigenvalue weighted by atomic mass is 9.99. The Labute approximate surface area is 167 Å². The van der Waals surface area contributed by atoms with Crippen LogP contribution in [-0.4, -0.2) is 35.3 Å². The number of aromatic nitrogens is 5. The highest BCUT2D eigenvalue weighted by molar-refractivity contribution is 5.64. The molecule has 7 heteroatoms. The van der Waals surface area contributed by atoms with Crippen molar-refractivity contribution in [2.75, 3.05) is 0 Å². The third kappa shape index (κ3) is 2.61. The largest absolute Gasteiger partial charge is 0.287 e. The number of hydrogen-bond acceptors (Lipinski definition) is 4. The van der Waals surface area contributed by atoms with Crippen molar-refractivity contribution in [3.05, 3.63) is 71.6 Å². The maximum Gasteiger partial charge on any atom is 0.155 e. The molecule has 0 radical (unpaired) electrons. The van der Waals surface area contributed by atoms with Crippen LogP contribution in [-0.2, 0) is 20.0 Å². The molecular weight excluding hydrogens is 367 g/mol. The second-order valence-electron chi connectivity index (χ2n) is 8.04. The molecule has 4 aromatic rings. The first-order valence-corrected chi connectivity index (χ1v) is 10.0. The van der Waals surface area contributed by atoms with Gasteiger partial charge in [0.1, 0.15) is 5.82 Å². The fraction of sp³-hybridized carbons (Fsp3) is 0.318. The third-order valence-electron chi connectivity index (χ3n) is 6.43. The molecule has 6 rings (SSSR count). The average Bonchev–Trinajstić information content (AvgIpc) is 3.40. The summed E-state index contributed by atoms with van der Waals surface area (Å²) in [4.78, 5) is 7.28. The number of rotatable bonds is 3. The molecule has 2 atom stereocenters. The van der Waals surface area contributed by atoms with Crippen LogP contribution in [0, 0.1) is 5.82 Å². The molecular formula is C22H21FN6. The van der Waals surface area contributed by atoms with E-state index in [1.807, 2.05) is 40.8 Å². The number of aryl methyl sites for hydroxylation is 1. The molecule has 2 bridgehead atoms. The van der Waals surface area contributed by atoms with Gasteiger partial charge in [-0.3, -0.25) is 9.58 Å². The van der Waals surface area contributed by atoms with Crippen LogP contribution < -0.4 is 0 Å². The van der Waals surface area contributed by atoms with Crippen molar-refractivity contribution in [3.63, 3.8) is 0 Å². The number of nitrogens with zero attached hydrogens (tertiary/aromatic N) is 6. The number of hydrogen-bond donors (Lipinski definition) is 0. The summed E-state index contributed by atoms with van der Waals surface area (Å²) in [6.07, 6.45) is 7.15. The Balaban J connectivity index is 1.41. The predicted molar refractivity (Wildman–Crippen MR) is 107 cm³/mol. The lowest BCUT2D eigenvalue weighted by Gasteiger charge is -2.36. The molecule has 2 aliphatic heterocycles. The van der Waals surface area contributed by atoms with Gasteiger partial charge in [0.15, 0.2) is 5.65 Å². The van der Waals surface area contributed by atoms with E-state index >= 15 is 0 Å². The molecule has 6 nitrogen and oxygen atoms in total. The Morgan fingerprint density at radius 2 is 2.10 bits per heavy atom. The van der Waals surface area contributed by atoms with Gasteiger partial charge >= 0.3 is 0 Å². The van der Waals surface area contributed by atoms with Gasteiger partial charge in [0.2, 0.25) is 0 Å². The Hall–Kier alpha value is -3.06. The number of fused-ring (bicyclic) bond motifs is 6. The van der Waals surface area contributed by atoms with Crippen LogP contribution in [0.2, 0.25) is 0 Å². The minimum absolute atomic E-state index is 0.251. The van der Waals surface area contributed by atoms with E-state index in [2.05, 4.69) is 16.1 Å². The molecule has 0 unspecified atom stereocenters. The molecule has 0 spiro atoms. The third-order valence-corrected chi connectivity index (χ3v) is 6.43. The Bertz CT molecular complexity index is 1230. The summed E-state index contributed by atoms with van der Waals surface area (Å²) in [5.74, 6) is -0.251. The molecule has 5 heterocycles. The summed E-state index contributed by atoms with van der Waals surface area (Å²) in [6, 6.07) is 11.5. The van der Waals surface area contributed by atoms with Gasteiger partial charge in [-0.05, 0) is 31.0 Å². The number of benzene rings is 1. The van der Waals surface area contributed by atoms with E-state index < -0.39 is 0 Å². The van der Waals surface area contributed by atoms with Crippen LogP contribution in [0.4, 0.5) is 4.39 Å². The smallest absolute Gasteiger partial charge is 0.155 e. The van der Waals surface area contributed by atoms with E-state index in [0.717, 1.165) is 36.3 Å². The molecule has 3 aromatic heterocycles. The Kier molecular flexibility index (Phi) is 3.61. The van der Waals surface area contributed by atoms with Crippen LogP contribution in [0.5, 0.6) is 0 Å². The molecule has 0 saturated carbocycles. The highest BCUT2D eigenvalue weighted by Gasteiger charge is 2.41. The summed E-state index contributed by atoms with van der Waals surface area (Å²) >= 11 is 0. The monoisotopic (exact) mass is 388 g/mol. The zero-order chi connectivity index (χ0) is 19.5. The van der Waals surface area contributed by atoms with Gasteiger partial charge in [-0.1, -0.05) is 12.1 Å². The van der Waals surface area contributed by atoms with Crippen molar-refractivity contribution in [2.45, 2.75) is 37.9 Å². The van der Waals surface area contributed by atoms with Gasteiger partial charge in [0.25, 0.3) is 0 Å². The molecule has 0 aliphatic carbocycles. The summed E-state index contributed by atoms with van der Waals surface area (Å²) in [7, 11) is 2.00. The second kappa shape index (κ2) is 6.22. The standard InChI is InChI=1S/C22H21FN6/c1-27-17(7-8-25-27)13-28-16-5-6-20(28)18-12-24-22-11-19(26-29(22)21(18)10-16)14-3-2-4-15(23)9-14/h2-4,7-9,11-12,16,20H,5-6,10,13H2,1H3/t16-,20-/m1/s1. The molecule has 0 amide bonds. The van der Waals surface area contributed by atoms with E-state index in [1.165, 1.54) is 35.5 Å². The maximum atomic E-state index is 13.7. The van der Waals surface area contributed by atoms with E-state index in [9.17, 15) is 4.39 Å². The highest BCUT2D eigenvalue weighted by atomic mass is 19.1. The predicted octanol–water partition coefficient (Wildman–Crippen LogP) is 3.53. The number of halogens is 1. The highest BCUT2D eigenvalue weighted by Crippen LogP contribution is 2.44. The van der Waals surface area contributed by atoms with Gasteiger partial charge in [-0.2, -0.15) is 10.2 Å². The normalized spacial score (nSPS) is 21.0. The topological polar surface area (TPSA) is 51.2 Å². The minimum atomic E-state index is -0.251. The van der Waals surface area contributed by atoms with Crippen LogP contribution in [0.25, 0.3) is 16.9 Å². The van der Waals surface area contributed by atoms with Gasteiger partial charge < -0.3 is 0 Å². The average molecular weight is 388 g/mol. The molecule has 29 heavy (non-hydrogen) atoms. The van der Waals surface area contributed by atoms with Crippen molar-refractivity contribution in [2.24, 2.45) is 7.05 Å². The SMILES string of the molecule is Cn1nccc1CN1[C@@H]2CC[C@@H]1c1cnc3cc(-c4cccc(F)c4)nn3c1C2. The van der Waals surface area contributed by atoms with Crippen LogP contribution in [0.1, 0.15) is 35.8 Å². The van der Waals surface area contributed by atoms with Gasteiger partial charge in [-0.25, -0.2) is 13.9 Å². The minimum Gasteiger partial charge on any atom is -0.287 e. The van der Waals surface area contributed by atoms with Crippen molar-refractivity contribution in [1.82, 2.24) is 29.3 Å². The molecule has 1 fully saturated rings. The fourth-order valence-electron chi connectivity index (χ4n) is 4.96. The van der Waals surface area contributed by atoms with Crippen molar-refractivity contribution in [1.29, 1.82) is 0 Å². The summed E-state index contributed by atoms with van der Waals surface area (Å²) < 4.78 is 17.6. The molecule has 146 valence electrons. The zero-order valence-electron chi connectivity index (χ0n) is 16.2. The van der Waals surface area contributed by atoms with Crippen LogP contribution in [0.3, 0.4) is 0 Å². The van der Waals surface area contributed by atoms with Crippen LogP contribution >= 0.6 is 0 Å². The quantitative estimate of drug-likeness (QED) is 0.539. The second-order valence-corrected chi connectivity index (χ2v) is 8.04. The molecule has 2 aliphatic rings. The summed E-state index contributed by atoms with van der Waals surface area (Å²) in [5, 5.41) is 9.12.